The number of hydrogen-bond donors (Lipinski definition) is 1. The normalized spacial score (nSPS) is 20.2. The summed E-state index contributed by atoms with van der Waals surface area (Å²) >= 11 is 0. The molecule has 2 N–H and O–H groups in total. The average Bonchev–Trinajstić information content (AvgIpc) is 2.47. The smallest absolute Gasteiger partial charge is 0.128 e. The Hall–Kier alpha value is -1.87. The van der Waals surface area contributed by atoms with E-state index in [2.05, 4.69) is 6.07 Å². The van der Waals surface area contributed by atoms with Gasteiger partial charge in [0.05, 0.1) is 6.61 Å². The van der Waals surface area contributed by atoms with E-state index in [0.29, 0.717) is 24.5 Å². The fraction of sp³-hybridized carbons (Fsp3) is 0.333. The minimum Gasteiger partial charge on any atom is -0.493 e. The van der Waals surface area contributed by atoms with Crippen molar-refractivity contribution < 1.29 is 9.13 Å². The van der Waals surface area contributed by atoms with Crippen LogP contribution in [0.2, 0.25) is 0 Å². The van der Waals surface area contributed by atoms with Crippen molar-refractivity contribution in [3.05, 3.63) is 65.5 Å². The van der Waals surface area contributed by atoms with E-state index in [-0.39, 0.29) is 5.82 Å². The van der Waals surface area contributed by atoms with Crippen LogP contribution in [0.1, 0.15) is 36.8 Å². The maximum absolute atomic E-state index is 14.0. The molecule has 2 atom stereocenters. The van der Waals surface area contributed by atoms with Crippen LogP contribution < -0.4 is 10.5 Å². The van der Waals surface area contributed by atoms with Gasteiger partial charge in [0.25, 0.3) is 0 Å². The first kappa shape index (κ1) is 14.1. The molecule has 2 aromatic carbocycles. The van der Waals surface area contributed by atoms with Crippen molar-refractivity contribution >= 4 is 0 Å². The zero-order valence-corrected chi connectivity index (χ0v) is 12.2. The zero-order valence-electron chi connectivity index (χ0n) is 12.2. The van der Waals surface area contributed by atoms with E-state index < -0.39 is 5.54 Å². The van der Waals surface area contributed by atoms with E-state index in [1.165, 1.54) is 11.6 Å². The van der Waals surface area contributed by atoms with Crippen LogP contribution in [0.25, 0.3) is 0 Å². The molecular formula is C18H20FNO. The maximum Gasteiger partial charge on any atom is 0.128 e. The van der Waals surface area contributed by atoms with Crippen LogP contribution in [0.5, 0.6) is 5.75 Å². The molecule has 2 aromatic rings. The molecule has 21 heavy (non-hydrogen) atoms. The number of nitrogens with two attached hydrogens (primary N) is 1. The van der Waals surface area contributed by atoms with Crippen molar-refractivity contribution in [2.75, 3.05) is 6.61 Å². The molecule has 0 aliphatic carbocycles. The number of benzene rings is 2. The number of halogens is 1. The van der Waals surface area contributed by atoms with E-state index in [9.17, 15) is 4.39 Å². The first-order valence-corrected chi connectivity index (χ1v) is 7.33. The molecular weight excluding hydrogens is 265 g/mol. The Morgan fingerprint density at radius 1 is 1.19 bits per heavy atom. The van der Waals surface area contributed by atoms with E-state index >= 15 is 0 Å². The molecule has 0 saturated heterocycles. The second-order valence-electron chi connectivity index (χ2n) is 5.97. The molecule has 2 nitrogen and oxygen atoms in total. The fourth-order valence-corrected chi connectivity index (χ4v) is 3.17. The van der Waals surface area contributed by atoms with E-state index in [1.54, 1.807) is 12.1 Å². The fourth-order valence-electron chi connectivity index (χ4n) is 3.17. The minimum atomic E-state index is -0.694. The summed E-state index contributed by atoms with van der Waals surface area (Å²) in [6.07, 6.45) is 1.62. The van der Waals surface area contributed by atoms with Gasteiger partial charge in [-0.3, -0.25) is 0 Å². The van der Waals surface area contributed by atoms with Gasteiger partial charge in [-0.1, -0.05) is 36.4 Å². The summed E-state index contributed by atoms with van der Waals surface area (Å²) in [7, 11) is 0. The van der Waals surface area contributed by atoms with Gasteiger partial charge in [-0.15, -0.1) is 0 Å². The highest BCUT2D eigenvalue weighted by Crippen LogP contribution is 2.40. The topological polar surface area (TPSA) is 35.2 Å². The van der Waals surface area contributed by atoms with Gasteiger partial charge in [-0.05, 0) is 43.4 Å². The third-order valence-corrected chi connectivity index (χ3v) is 4.24. The first-order valence-electron chi connectivity index (χ1n) is 7.33. The molecule has 0 saturated carbocycles. The lowest BCUT2D eigenvalue weighted by Gasteiger charge is -2.33. The Balaban J connectivity index is 1.89. The third-order valence-electron chi connectivity index (χ3n) is 4.24. The van der Waals surface area contributed by atoms with Gasteiger partial charge in [0, 0.05) is 11.1 Å². The van der Waals surface area contributed by atoms with Crippen LogP contribution in [0.3, 0.4) is 0 Å². The van der Waals surface area contributed by atoms with Crippen molar-refractivity contribution in [3.8, 4) is 5.75 Å². The molecule has 0 spiro atoms. The van der Waals surface area contributed by atoms with Crippen molar-refractivity contribution in [2.24, 2.45) is 5.73 Å². The second-order valence-corrected chi connectivity index (χ2v) is 5.97. The Morgan fingerprint density at radius 2 is 1.90 bits per heavy atom. The molecule has 1 aliphatic heterocycles. The molecule has 0 aromatic heterocycles. The van der Waals surface area contributed by atoms with E-state index in [1.807, 2.05) is 31.2 Å². The highest BCUT2D eigenvalue weighted by atomic mass is 19.1. The number of para-hydroxylation sites is 1. The predicted molar refractivity (Wildman–Crippen MR) is 81.9 cm³/mol. The Kier molecular flexibility index (Phi) is 3.68. The van der Waals surface area contributed by atoms with Gasteiger partial charge in [0.2, 0.25) is 0 Å². The monoisotopic (exact) mass is 285 g/mol. The van der Waals surface area contributed by atoms with Gasteiger partial charge >= 0.3 is 0 Å². The summed E-state index contributed by atoms with van der Waals surface area (Å²) in [5.41, 5.74) is 7.51. The molecule has 0 amide bonds. The van der Waals surface area contributed by atoms with Crippen molar-refractivity contribution in [3.63, 3.8) is 0 Å². The summed E-state index contributed by atoms with van der Waals surface area (Å²) < 4.78 is 19.7. The molecule has 2 unspecified atom stereocenters. The largest absolute Gasteiger partial charge is 0.493 e. The van der Waals surface area contributed by atoms with Crippen LogP contribution in [0.15, 0.2) is 48.5 Å². The number of ether oxygens (including phenoxy) is 1. The lowest BCUT2D eigenvalue weighted by Crippen LogP contribution is -2.36. The van der Waals surface area contributed by atoms with Gasteiger partial charge < -0.3 is 10.5 Å². The average molecular weight is 285 g/mol. The van der Waals surface area contributed by atoms with Gasteiger partial charge in [-0.25, -0.2) is 4.39 Å². The number of hydrogen-bond acceptors (Lipinski definition) is 2. The van der Waals surface area contributed by atoms with E-state index in [4.69, 9.17) is 10.5 Å². The molecule has 3 heteroatoms. The number of fused-ring (bicyclic) bond motifs is 1. The molecule has 0 fully saturated rings. The predicted octanol–water partition coefficient (Wildman–Crippen LogP) is 3.96. The van der Waals surface area contributed by atoms with Crippen LogP contribution in [0.4, 0.5) is 4.39 Å². The summed E-state index contributed by atoms with van der Waals surface area (Å²) in [4.78, 5) is 0. The molecule has 0 bridgehead atoms. The Morgan fingerprint density at radius 3 is 2.71 bits per heavy atom. The summed E-state index contributed by atoms with van der Waals surface area (Å²) in [6.45, 7) is 2.60. The SMILES string of the molecule is CC(N)(CC1CCOc2ccccc21)c1ccccc1F. The van der Waals surface area contributed by atoms with Crippen molar-refractivity contribution in [1.82, 2.24) is 0 Å². The van der Waals surface area contributed by atoms with Gasteiger partial charge in [-0.2, -0.15) is 0 Å². The lowest BCUT2D eigenvalue weighted by molar-refractivity contribution is 0.245. The highest BCUT2D eigenvalue weighted by molar-refractivity contribution is 5.38. The molecule has 3 rings (SSSR count). The number of rotatable bonds is 3. The summed E-state index contributed by atoms with van der Waals surface area (Å²) in [6, 6.07) is 14.8. The molecule has 0 radical (unpaired) electrons. The van der Waals surface area contributed by atoms with Crippen molar-refractivity contribution in [2.45, 2.75) is 31.2 Å². The van der Waals surface area contributed by atoms with Crippen molar-refractivity contribution in [1.29, 1.82) is 0 Å². The van der Waals surface area contributed by atoms with Crippen LogP contribution in [-0.4, -0.2) is 6.61 Å². The summed E-state index contributed by atoms with van der Waals surface area (Å²) in [5, 5.41) is 0. The van der Waals surface area contributed by atoms with Crippen LogP contribution in [-0.2, 0) is 5.54 Å². The minimum absolute atomic E-state index is 0.233. The highest BCUT2D eigenvalue weighted by Gasteiger charge is 2.31. The first-order chi connectivity index (χ1) is 10.1. The zero-order chi connectivity index (χ0) is 14.9. The van der Waals surface area contributed by atoms with Crippen LogP contribution in [0, 0.1) is 5.82 Å². The maximum atomic E-state index is 14.0. The van der Waals surface area contributed by atoms with E-state index in [0.717, 1.165) is 12.2 Å². The Bertz CT molecular complexity index is 639. The molecule has 1 aliphatic rings. The second kappa shape index (κ2) is 5.49. The molecule has 110 valence electrons. The third kappa shape index (κ3) is 2.79. The summed E-state index contributed by atoms with van der Waals surface area (Å²) in [5.74, 6) is 0.991. The molecule has 1 heterocycles. The standard InChI is InChI=1S/C18H20FNO/c1-18(20,15-7-3-4-8-16(15)19)12-13-10-11-21-17-9-5-2-6-14(13)17/h2-9,13H,10-12,20H2,1H3. The van der Waals surface area contributed by atoms with Crippen LogP contribution >= 0.6 is 0 Å². The van der Waals surface area contributed by atoms with Gasteiger partial charge in [0.1, 0.15) is 11.6 Å². The lowest BCUT2D eigenvalue weighted by atomic mass is 9.78. The quantitative estimate of drug-likeness (QED) is 0.926. The van der Waals surface area contributed by atoms with Gasteiger partial charge in [0.15, 0.2) is 0 Å². The Labute approximate surface area is 124 Å².